The summed E-state index contributed by atoms with van der Waals surface area (Å²) in [5.74, 6) is -0.378. The first-order valence-corrected chi connectivity index (χ1v) is 4.69. The van der Waals surface area contributed by atoms with Crippen LogP contribution in [0.4, 0.5) is 0 Å². The summed E-state index contributed by atoms with van der Waals surface area (Å²) in [6, 6.07) is 4.72. The molecule has 0 saturated heterocycles. The quantitative estimate of drug-likeness (QED) is 0.778. The van der Waals surface area contributed by atoms with Gasteiger partial charge in [-0.25, -0.2) is 0 Å². The number of benzene rings is 1. The van der Waals surface area contributed by atoms with Crippen LogP contribution < -0.4 is 10.5 Å². The van der Waals surface area contributed by atoms with Gasteiger partial charge in [0.2, 0.25) is 0 Å². The highest BCUT2D eigenvalue weighted by molar-refractivity contribution is 5.73. The van der Waals surface area contributed by atoms with Crippen molar-refractivity contribution >= 4 is 5.97 Å². The Hall–Kier alpha value is -1.55. The van der Waals surface area contributed by atoms with Crippen molar-refractivity contribution in [2.75, 3.05) is 6.61 Å². The number of aryl methyl sites for hydroxylation is 2. The molecule has 0 radical (unpaired) electrons. The first kappa shape index (κ1) is 11.5. The Morgan fingerprint density at radius 2 is 2.20 bits per heavy atom. The van der Waals surface area contributed by atoms with E-state index < -0.39 is 12.0 Å². The van der Waals surface area contributed by atoms with Crippen LogP contribution in [0, 0.1) is 13.8 Å². The minimum Gasteiger partial charge on any atom is -0.491 e. The van der Waals surface area contributed by atoms with E-state index in [1.807, 2.05) is 32.0 Å². The van der Waals surface area contributed by atoms with E-state index in [-0.39, 0.29) is 6.61 Å². The van der Waals surface area contributed by atoms with Crippen LogP contribution in [0.25, 0.3) is 0 Å². The fourth-order valence-electron chi connectivity index (χ4n) is 1.21. The Labute approximate surface area is 88.7 Å². The van der Waals surface area contributed by atoms with Gasteiger partial charge in [-0.2, -0.15) is 0 Å². The van der Waals surface area contributed by atoms with Crippen LogP contribution >= 0.6 is 0 Å². The zero-order chi connectivity index (χ0) is 11.4. The molecule has 1 atom stereocenters. The Kier molecular flexibility index (Phi) is 3.68. The minimum atomic E-state index is -1.06. The Balaban J connectivity index is 2.62. The van der Waals surface area contributed by atoms with Crippen molar-refractivity contribution in [2.24, 2.45) is 5.73 Å². The van der Waals surface area contributed by atoms with Crippen LogP contribution in [0.5, 0.6) is 5.75 Å². The predicted molar refractivity (Wildman–Crippen MR) is 57.0 cm³/mol. The molecule has 0 aliphatic carbocycles. The van der Waals surface area contributed by atoms with E-state index in [9.17, 15) is 4.79 Å². The molecule has 4 heteroatoms. The number of ether oxygens (including phenoxy) is 1. The molecule has 82 valence electrons. The van der Waals surface area contributed by atoms with Crippen LogP contribution in [0.15, 0.2) is 18.2 Å². The normalized spacial score (nSPS) is 12.2. The molecule has 0 fully saturated rings. The number of carboxylic acid groups (broad SMARTS) is 1. The molecule has 4 nitrogen and oxygen atoms in total. The Morgan fingerprint density at radius 3 is 2.73 bits per heavy atom. The highest BCUT2D eigenvalue weighted by Crippen LogP contribution is 2.18. The molecule has 0 amide bonds. The highest BCUT2D eigenvalue weighted by atomic mass is 16.5. The van der Waals surface area contributed by atoms with Crippen LogP contribution in [0.2, 0.25) is 0 Å². The summed E-state index contributed by atoms with van der Waals surface area (Å²) in [5, 5.41) is 8.57. The second-order valence-electron chi connectivity index (χ2n) is 3.52. The maximum atomic E-state index is 10.5. The van der Waals surface area contributed by atoms with Crippen LogP contribution in [-0.4, -0.2) is 23.7 Å². The molecule has 0 spiro atoms. The van der Waals surface area contributed by atoms with Gasteiger partial charge in [0, 0.05) is 0 Å². The van der Waals surface area contributed by atoms with Gasteiger partial charge in [-0.05, 0) is 25.5 Å². The van der Waals surface area contributed by atoms with Crippen molar-refractivity contribution in [2.45, 2.75) is 19.9 Å². The zero-order valence-electron chi connectivity index (χ0n) is 8.86. The third-order valence-electron chi connectivity index (χ3n) is 2.07. The molecule has 0 aromatic heterocycles. The van der Waals surface area contributed by atoms with Crippen LogP contribution in [-0.2, 0) is 4.79 Å². The largest absolute Gasteiger partial charge is 0.491 e. The van der Waals surface area contributed by atoms with E-state index >= 15 is 0 Å². The Bertz CT molecular complexity index is 363. The SMILES string of the molecule is Cc1ccc(OCC(N)C(=O)O)c(C)c1. The van der Waals surface area contributed by atoms with E-state index in [1.54, 1.807) is 0 Å². The lowest BCUT2D eigenvalue weighted by atomic mass is 10.1. The highest BCUT2D eigenvalue weighted by Gasteiger charge is 2.12. The van der Waals surface area contributed by atoms with Gasteiger partial charge in [0.05, 0.1) is 0 Å². The summed E-state index contributed by atoms with van der Waals surface area (Å²) in [6.45, 7) is 3.88. The fourth-order valence-corrected chi connectivity index (χ4v) is 1.21. The second kappa shape index (κ2) is 4.79. The molecule has 0 heterocycles. The van der Waals surface area contributed by atoms with E-state index in [2.05, 4.69) is 0 Å². The van der Waals surface area contributed by atoms with Crippen LogP contribution in [0.1, 0.15) is 11.1 Å². The molecule has 3 N–H and O–H groups in total. The van der Waals surface area contributed by atoms with Gasteiger partial charge in [0.25, 0.3) is 0 Å². The first-order valence-electron chi connectivity index (χ1n) is 4.69. The van der Waals surface area contributed by atoms with Gasteiger partial charge in [-0.15, -0.1) is 0 Å². The number of nitrogens with two attached hydrogens (primary N) is 1. The fraction of sp³-hybridized carbons (Fsp3) is 0.364. The number of aliphatic carboxylic acids is 1. The summed E-state index contributed by atoms with van der Waals surface area (Å²) in [6.07, 6.45) is 0. The average Bonchev–Trinajstić information content (AvgIpc) is 2.15. The van der Waals surface area contributed by atoms with Gasteiger partial charge in [-0.1, -0.05) is 17.7 Å². The molecule has 0 aliphatic rings. The number of rotatable bonds is 4. The van der Waals surface area contributed by atoms with E-state index in [4.69, 9.17) is 15.6 Å². The number of carbonyl (C=O) groups is 1. The van der Waals surface area contributed by atoms with Crippen LogP contribution in [0.3, 0.4) is 0 Å². The number of hydrogen-bond acceptors (Lipinski definition) is 3. The van der Waals surface area contributed by atoms with E-state index in [0.29, 0.717) is 5.75 Å². The molecular formula is C11H15NO3. The van der Waals surface area contributed by atoms with Gasteiger partial charge in [0.15, 0.2) is 0 Å². The Morgan fingerprint density at radius 1 is 1.53 bits per heavy atom. The van der Waals surface area contributed by atoms with Crippen molar-refractivity contribution in [1.29, 1.82) is 0 Å². The molecular weight excluding hydrogens is 194 g/mol. The molecule has 15 heavy (non-hydrogen) atoms. The van der Waals surface area contributed by atoms with Crippen molar-refractivity contribution in [3.63, 3.8) is 0 Å². The van der Waals surface area contributed by atoms with Crippen molar-refractivity contribution < 1.29 is 14.6 Å². The molecule has 1 unspecified atom stereocenters. The van der Waals surface area contributed by atoms with Gasteiger partial charge < -0.3 is 15.6 Å². The van der Waals surface area contributed by atoms with Crippen molar-refractivity contribution in [3.8, 4) is 5.75 Å². The predicted octanol–water partition coefficient (Wildman–Crippen LogP) is 1.09. The summed E-state index contributed by atoms with van der Waals surface area (Å²) in [4.78, 5) is 10.5. The summed E-state index contributed by atoms with van der Waals surface area (Å²) in [7, 11) is 0. The lowest BCUT2D eigenvalue weighted by Crippen LogP contribution is -2.36. The molecule has 0 saturated carbocycles. The maximum Gasteiger partial charge on any atom is 0.324 e. The molecule has 1 aromatic rings. The molecule has 1 rings (SSSR count). The number of hydrogen-bond donors (Lipinski definition) is 2. The van der Waals surface area contributed by atoms with Crippen molar-refractivity contribution in [3.05, 3.63) is 29.3 Å². The topological polar surface area (TPSA) is 72.5 Å². The van der Waals surface area contributed by atoms with Gasteiger partial charge >= 0.3 is 5.97 Å². The third-order valence-corrected chi connectivity index (χ3v) is 2.07. The molecule has 0 aliphatic heterocycles. The second-order valence-corrected chi connectivity index (χ2v) is 3.52. The summed E-state index contributed by atoms with van der Waals surface area (Å²) < 4.78 is 5.31. The van der Waals surface area contributed by atoms with E-state index in [0.717, 1.165) is 11.1 Å². The summed E-state index contributed by atoms with van der Waals surface area (Å²) >= 11 is 0. The van der Waals surface area contributed by atoms with E-state index in [1.165, 1.54) is 0 Å². The summed E-state index contributed by atoms with van der Waals surface area (Å²) in [5.41, 5.74) is 7.44. The first-order chi connectivity index (χ1) is 7.00. The minimum absolute atomic E-state index is 0.0146. The van der Waals surface area contributed by atoms with Gasteiger partial charge in [-0.3, -0.25) is 4.79 Å². The van der Waals surface area contributed by atoms with Crippen molar-refractivity contribution in [1.82, 2.24) is 0 Å². The molecule has 0 bridgehead atoms. The maximum absolute atomic E-state index is 10.5. The standard InChI is InChI=1S/C11H15NO3/c1-7-3-4-10(8(2)5-7)15-6-9(12)11(13)14/h3-5,9H,6,12H2,1-2H3,(H,13,14). The monoisotopic (exact) mass is 209 g/mol. The lowest BCUT2D eigenvalue weighted by molar-refractivity contribution is -0.139. The molecule has 1 aromatic carbocycles. The smallest absolute Gasteiger partial charge is 0.324 e. The zero-order valence-corrected chi connectivity index (χ0v) is 8.86. The lowest BCUT2D eigenvalue weighted by Gasteiger charge is -2.11. The van der Waals surface area contributed by atoms with Gasteiger partial charge in [0.1, 0.15) is 18.4 Å². The number of carboxylic acids is 1. The third kappa shape index (κ3) is 3.25. The average molecular weight is 209 g/mol.